The van der Waals surface area contributed by atoms with Crippen molar-refractivity contribution in [3.63, 3.8) is 0 Å². The Bertz CT molecular complexity index is 924. The highest BCUT2D eigenvalue weighted by atomic mass is 127. The van der Waals surface area contributed by atoms with Crippen molar-refractivity contribution in [1.29, 1.82) is 0 Å². The summed E-state index contributed by atoms with van der Waals surface area (Å²) in [5.74, 6) is 2.42. The molecular weight excluding hydrogens is 535 g/mol. The first-order chi connectivity index (χ1) is 15.1. The Kier molecular flexibility index (Phi) is 8.53. The number of aromatic nitrogens is 1. The van der Waals surface area contributed by atoms with Crippen molar-refractivity contribution in [3.8, 4) is 17.2 Å². The lowest BCUT2D eigenvalue weighted by Gasteiger charge is -2.17. The zero-order valence-corrected chi connectivity index (χ0v) is 20.0. The third kappa shape index (κ3) is 6.02. The number of pyridine rings is 1. The molecule has 8 nitrogen and oxygen atoms in total. The average molecular weight is 561 g/mol. The standard InChI is InChI=1S/C21H25F2N5O3.HI/c1-24-21(26-11-14-4-5-19(25-10-14)28-6-2-3-7-28)27-12-15-8-17-18(30-13-29-17)9-16(15)31-20(22)23;/h4-5,8-10,20H,2-3,6-7,11-13H2,1H3,(H2,24,26,27);1H. The lowest BCUT2D eigenvalue weighted by molar-refractivity contribution is -0.0505. The van der Waals surface area contributed by atoms with Gasteiger partial charge in [-0.05, 0) is 30.5 Å². The Hall–Kier alpha value is -2.57. The molecule has 1 aromatic carbocycles. The number of rotatable bonds is 7. The van der Waals surface area contributed by atoms with E-state index in [-0.39, 0.29) is 43.1 Å². The van der Waals surface area contributed by atoms with Gasteiger partial charge in [-0.2, -0.15) is 8.78 Å². The van der Waals surface area contributed by atoms with Crippen LogP contribution in [-0.4, -0.2) is 44.5 Å². The zero-order chi connectivity index (χ0) is 21.6. The molecule has 174 valence electrons. The minimum absolute atomic E-state index is 0. The van der Waals surface area contributed by atoms with Crippen LogP contribution >= 0.6 is 24.0 Å². The van der Waals surface area contributed by atoms with Gasteiger partial charge in [0.2, 0.25) is 6.79 Å². The molecule has 1 aromatic heterocycles. The molecule has 0 atom stereocenters. The summed E-state index contributed by atoms with van der Waals surface area (Å²) >= 11 is 0. The highest BCUT2D eigenvalue weighted by molar-refractivity contribution is 14.0. The van der Waals surface area contributed by atoms with Crippen molar-refractivity contribution in [3.05, 3.63) is 41.6 Å². The minimum Gasteiger partial charge on any atom is -0.454 e. The van der Waals surface area contributed by atoms with E-state index >= 15 is 0 Å². The molecule has 4 rings (SSSR count). The first-order valence-electron chi connectivity index (χ1n) is 10.1. The molecule has 2 aromatic rings. The van der Waals surface area contributed by atoms with Gasteiger partial charge in [-0.1, -0.05) is 6.07 Å². The van der Waals surface area contributed by atoms with Crippen molar-refractivity contribution in [1.82, 2.24) is 15.6 Å². The number of benzene rings is 1. The molecule has 2 aliphatic rings. The molecule has 0 aliphatic carbocycles. The van der Waals surface area contributed by atoms with Gasteiger partial charge in [-0.3, -0.25) is 4.99 Å². The van der Waals surface area contributed by atoms with Crippen molar-refractivity contribution in [2.45, 2.75) is 32.5 Å². The minimum atomic E-state index is -2.94. The van der Waals surface area contributed by atoms with Gasteiger partial charge < -0.3 is 29.7 Å². The lowest BCUT2D eigenvalue weighted by Crippen LogP contribution is -2.36. The molecular formula is C21H26F2IN5O3. The van der Waals surface area contributed by atoms with E-state index in [1.165, 1.54) is 18.9 Å². The smallest absolute Gasteiger partial charge is 0.387 e. The van der Waals surface area contributed by atoms with Crippen molar-refractivity contribution in [2.24, 2.45) is 4.99 Å². The number of anilines is 1. The number of nitrogens with one attached hydrogen (secondary N) is 2. The van der Waals surface area contributed by atoms with E-state index in [2.05, 4.69) is 30.2 Å². The fourth-order valence-corrected chi connectivity index (χ4v) is 3.55. The van der Waals surface area contributed by atoms with Crippen LogP contribution in [0.4, 0.5) is 14.6 Å². The SMILES string of the molecule is CN=C(NCc1ccc(N2CCCC2)nc1)NCc1cc2c(cc1OC(F)F)OCO2.I. The molecule has 1 fully saturated rings. The van der Waals surface area contributed by atoms with Crippen LogP contribution in [0.3, 0.4) is 0 Å². The van der Waals surface area contributed by atoms with E-state index in [0.717, 1.165) is 24.5 Å². The number of guanidine groups is 1. The molecule has 32 heavy (non-hydrogen) atoms. The third-order valence-electron chi connectivity index (χ3n) is 5.14. The zero-order valence-electron chi connectivity index (χ0n) is 17.6. The molecule has 3 heterocycles. The molecule has 0 bridgehead atoms. The summed E-state index contributed by atoms with van der Waals surface area (Å²) < 4.78 is 40.8. The summed E-state index contributed by atoms with van der Waals surface area (Å²) in [5, 5.41) is 6.30. The van der Waals surface area contributed by atoms with Crippen molar-refractivity contribution >= 4 is 35.8 Å². The predicted octanol–water partition coefficient (Wildman–Crippen LogP) is 3.50. The number of fused-ring (bicyclic) bond motifs is 1. The molecule has 0 amide bonds. The Morgan fingerprint density at radius 2 is 1.88 bits per heavy atom. The second kappa shape index (κ2) is 11.3. The Morgan fingerprint density at radius 1 is 1.16 bits per heavy atom. The van der Waals surface area contributed by atoms with Crippen LogP contribution in [-0.2, 0) is 13.1 Å². The van der Waals surface area contributed by atoms with E-state index in [1.807, 2.05) is 18.3 Å². The van der Waals surface area contributed by atoms with Crippen LogP contribution in [0, 0.1) is 0 Å². The fraction of sp³-hybridized carbons (Fsp3) is 0.429. The van der Waals surface area contributed by atoms with Gasteiger partial charge in [-0.25, -0.2) is 4.98 Å². The van der Waals surface area contributed by atoms with Crippen LogP contribution in [0.2, 0.25) is 0 Å². The predicted molar refractivity (Wildman–Crippen MR) is 127 cm³/mol. The van der Waals surface area contributed by atoms with Gasteiger partial charge in [0.25, 0.3) is 0 Å². The Balaban J connectivity index is 0.00000289. The summed E-state index contributed by atoms with van der Waals surface area (Å²) in [7, 11) is 1.64. The second-order valence-electron chi connectivity index (χ2n) is 7.19. The largest absolute Gasteiger partial charge is 0.454 e. The summed E-state index contributed by atoms with van der Waals surface area (Å²) in [5.41, 5.74) is 1.51. The first kappa shape index (κ1) is 24.1. The average Bonchev–Trinajstić information content (AvgIpc) is 3.46. The number of alkyl halides is 2. The maximum absolute atomic E-state index is 12.8. The van der Waals surface area contributed by atoms with Crippen LogP contribution in [0.1, 0.15) is 24.0 Å². The number of ether oxygens (including phenoxy) is 3. The van der Waals surface area contributed by atoms with Crippen LogP contribution in [0.15, 0.2) is 35.5 Å². The van der Waals surface area contributed by atoms with Gasteiger partial charge in [0.05, 0.1) is 0 Å². The van der Waals surface area contributed by atoms with Gasteiger partial charge in [0.15, 0.2) is 17.5 Å². The van der Waals surface area contributed by atoms with Gasteiger partial charge in [0, 0.05) is 51.1 Å². The van der Waals surface area contributed by atoms with Crippen LogP contribution < -0.4 is 29.7 Å². The molecule has 2 N–H and O–H groups in total. The molecule has 0 spiro atoms. The fourth-order valence-electron chi connectivity index (χ4n) is 3.55. The summed E-state index contributed by atoms with van der Waals surface area (Å²) in [4.78, 5) is 11.0. The number of aliphatic imine (C=N–C) groups is 1. The number of hydrogen-bond donors (Lipinski definition) is 2. The molecule has 0 unspecified atom stereocenters. The van der Waals surface area contributed by atoms with E-state index < -0.39 is 6.61 Å². The van der Waals surface area contributed by atoms with E-state index in [1.54, 1.807) is 13.1 Å². The molecule has 0 radical (unpaired) electrons. The van der Waals surface area contributed by atoms with Gasteiger partial charge >= 0.3 is 6.61 Å². The monoisotopic (exact) mass is 561 g/mol. The summed E-state index contributed by atoms with van der Waals surface area (Å²) in [6.45, 7) is -0.0449. The summed E-state index contributed by atoms with van der Waals surface area (Å²) in [6, 6.07) is 7.10. The maximum Gasteiger partial charge on any atom is 0.387 e. The van der Waals surface area contributed by atoms with E-state index in [4.69, 9.17) is 9.47 Å². The highest BCUT2D eigenvalue weighted by Gasteiger charge is 2.20. The number of nitrogens with zero attached hydrogens (tertiary/aromatic N) is 3. The highest BCUT2D eigenvalue weighted by Crippen LogP contribution is 2.38. The second-order valence-corrected chi connectivity index (χ2v) is 7.19. The number of hydrogen-bond acceptors (Lipinski definition) is 6. The third-order valence-corrected chi connectivity index (χ3v) is 5.14. The molecule has 11 heteroatoms. The quantitative estimate of drug-likeness (QED) is 0.305. The summed E-state index contributed by atoms with van der Waals surface area (Å²) in [6.07, 6.45) is 4.27. The Morgan fingerprint density at radius 3 is 2.53 bits per heavy atom. The van der Waals surface area contributed by atoms with E-state index in [0.29, 0.717) is 29.6 Å². The van der Waals surface area contributed by atoms with Crippen molar-refractivity contribution < 1.29 is 23.0 Å². The van der Waals surface area contributed by atoms with E-state index in [9.17, 15) is 8.78 Å². The lowest BCUT2D eigenvalue weighted by atomic mass is 10.1. The molecule has 0 saturated carbocycles. The number of halogens is 3. The van der Waals surface area contributed by atoms with Crippen molar-refractivity contribution in [2.75, 3.05) is 31.8 Å². The molecule has 2 aliphatic heterocycles. The van der Waals surface area contributed by atoms with Gasteiger partial charge in [-0.15, -0.1) is 24.0 Å². The molecule has 1 saturated heterocycles. The first-order valence-corrected chi connectivity index (χ1v) is 10.1. The topological polar surface area (TPSA) is 80.2 Å². The Labute approximate surface area is 202 Å². The van der Waals surface area contributed by atoms with Crippen LogP contribution in [0.5, 0.6) is 17.2 Å². The van der Waals surface area contributed by atoms with Crippen LogP contribution in [0.25, 0.3) is 0 Å². The maximum atomic E-state index is 12.8. The van der Waals surface area contributed by atoms with Gasteiger partial charge in [0.1, 0.15) is 11.6 Å². The normalized spacial score (nSPS) is 15.0.